The summed E-state index contributed by atoms with van der Waals surface area (Å²) in [5.74, 6) is 0.692. The van der Waals surface area contributed by atoms with E-state index in [1.54, 1.807) is 0 Å². The first-order valence-electron chi connectivity index (χ1n) is 8.72. The fourth-order valence-electron chi connectivity index (χ4n) is 3.47. The molecule has 2 heterocycles. The Bertz CT molecular complexity index is 905. The summed E-state index contributed by atoms with van der Waals surface area (Å²) in [6, 6.07) is 15.9. The predicted octanol–water partition coefficient (Wildman–Crippen LogP) is 4.71. The summed E-state index contributed by atoms with van der Waals surface area (Å²) in [4.78, 5) is 19.5. The van der Waals surface area contributed by atoms with Crippen LogP contribution >= 0.6 is 15.9 Å². The molecule has 0 N–H and O–H groups in total. The number of halogens is 1. The molecule has 0 unspecified atom stereocenters. The zero-order valence-corrected chi connectivity index (χ0v) is 16.1. The van der Waals surface area contributed by atoms with E-state index in [0.29, 0.717) is 19.6 Å². The Morgan fingerprint density at radius 1 is 1.31 bits per heavy atom. The highest BCUT2D eigenvalue weighted by molar-refractivity contribution is 9.10. The second-order valence-electron chi connectivity index (χ2n) is 6.39. The first-order valence-corrected chi connectivity index (χ1v) is 9.51. The molecule has 1 atom stereocenters. The van der Waals surface area contributed by atoms with Crippen LogP contribution in [0.5, 0.6) is 0 Å². The van der Waals surface area contributed by atoms with Crippen molar-refractivity contribution in [3.8, 4) is 0 Å². The molecule has 0 saturated carbocycles. The molecular weight excluding hydrogens is 392 g/mol. The summed E-state index contributed by atoms with van der Waals surface area (Å²) in [5, 5.41) is 0. The highest BCUT2D eigenvalue weighted by Crippen LogP contribution is 2.37. The van der Waals surface area contributed by atoms with Crippen molar-refractivity contribution in [3.63, 3.8) is 0 Å². The van der Waals surface area contributed by atoms with E-state index in [1.165, 1.54) is 0 Å². The van der Waals surface area contributed by atoms with Crippen molar-refractivity contribution in [1.82, 2.24) is 4.90 Å². The van der Waals surface area contributed by atoms with Crippen LogP contribution in [0.15, 0.2) is 63.6 Å². The lowest BCUT2D eigenvalue weighted by atomic mass is 10.1. The van der Waals surface area contributed by atoms with Gasteiger partial charge in [-0.05, 0) is 47.9 Å². The quantitative estimate of drug-likeness (QED) is 0.687. The van der Waals surface area contributed by atoms with Gasteiger partial charge in [-0.15, -0.1) is 0 Å². The number of fused-ring (bicyclic) bond motifs is 2. The van der Waals surface area contributed by atoms with Gasteiger partial charge in [-0.3, -0.25) is 0 Å². The molecule has 0 amide bonds. The summed E-state index contributed by atoms with van der Waals surface area (Å²) < 4.78 is 6.33. The van der Waals surface area contributed by atoms with Crippen LogP contribution in [0.1, 0.15) is 24.5 Å². The number of rotatable bonds is 3. The third-order valence-electron chi connectivity index (χ3n) is 4.66. The lowest BCUT2D eigenvalue weighted by Gasteiger charge is -2.29. The Labute approximate surface area is 161 Å². The van der Waals surface area contributed by atoms with E-state index in [4.69, 9.17) is 9.73 Å². The van der Waals surface area contributed by atoms with Gasteiger partial charge in [-0.2, -0.15) is 0 Å². The van der Waals surface area contributed by atoms with Gasteiger partial charge in [-0.1, -0.05) is 46.3 Å². The Balaban J connectivity index is 1.77. The van der Waals surface area contributed by atoms with Crippen LogP contribution < -0.4 is 0 Å². The molecule has 2 aliphatic heterocycles. The first kappa shape index (κ1) is 17.0. The summed E-state index contributed by atoms with van der Waals surface area (Å²) >= 11 is 3.52. The van der Waals surface area contributed by atoms with Gasteiger partial charge in [0, 0.05) is 17.4 Å². The topological polar surface area (TPSA) is 41.9 Å². The molecule has 2 aromatic carbocycles. The smallest absolute Gasteiger partial charge is 0.329 e. The Morgan fingerprint density at radius 3 is 2.88 bits per heavy atom. The molecule has 0 bridgehead atoms. The van der Waals surface area contributed by atoms with E-state index in [1.807, 2.05) is 37.3 Å². The van der Waals surface area contributed by atoms with Gasteiger partial charge in [0.2, 0.25) is 0 Å². The van der Waals surface area contributed by atoms with E-state index in [2.05, 4.69) is 45.1 Å². The van der Waals surface area contributed by atoms with Crippen LogP contribution in [-0.2, 0) is 16.1 Å². The van der Waals surface area contributed by atoms with Crippen molar-refractivity contribution in [2.24, 2.45) is 4.99 Å². The monoisotopic (exact) mass is 410 g/mol. The van der Waals surface area contributed by atoms with Gasteiger partial charge in [0.1, 0.15) is 11.9 Å². The number of benzene rings is 2. The average molecular weight is 411 g/mol. The fraction of sp³-hybridized carbons (Fsp3) is 0.238. The van der Waals surface area contributed by atoms with Crippen LogP contribution in [0.4, 0.5) is 5.69 Å². The second kappa shape index (κ2) is 7.08. The van der Waals surface area contributed by atoms with Gasteiger partial charge in [0.25, 0.3) is 0 Å². The molecule has 2 aliphatic rings. The molecule has 0 spiro atoms. The van der Waals surface area contributed by atoms with Crippen LogP contribution in [0.25, 0.3) is 6.08 Å². The molecule has 4 nitrogen and oxygen atoms in total. The molecule has 2 aromatic rings. The third kappa shape index (κ3) is 3.19. The maximum absolute atomic E-state index is 12.5. The number of nitrogens with zero attached hydrogens (tertiary/aromatic N) is 2. The summed E-state index contributed by atoms with van der Waals surface area (Å²) in [6.45, 7) is 2.88. The summed E-state index contributed by atoms with van der Waals surface area (Å²) in [6.07, 6.45) is 2.73. The minimum absolute atomic E-state index is 0.185. The molecule has 0 aromatic heterocycles. The van der Waals surface area contributed by atoms with Crippen molar-refractivity contribution >= 4 is 39.5 Å². The number of carbonyl (C=O) groups is 1. The minimum atomic E-state index is -0.323. The SMILES string of the molecule is CCOC(=O)[C@@H]1C/C(=C/c2ccccc2)C2=Nc3ccc(Br)cc3CN21. The van der Waals surface area contributed by atoms with Crippen LogP contribution in [0.2, 0.25) is 0 Å². The first-order chi connectivity index (χ1) is 12.7. The van der Waals surface area contributed by atoms with Crippen LogP contribution in [-0.4, -0.2) is 29.4 Å². The zero-order chi connectivity index (χ0) is 18.1. The fourth-order valence-corrected chi connectivity index (χ4v) is 3.88. The average Bonchev–Trinajstić information content (AvgIpc) is 2.98. The highest BCUT2D eigenvalue weighted by atomic mass is 79.9. The Kier molecular flexibility index (Phi) is 4.64. The van der Waals surface area contributed by atoms with Gasteiger partial charge in [-0.25, -0.2) is 9.79 Å². The normalized spacial score (nSPS) is 19.8. The molecule has 132 valence electrons. The maximum atomic E-state index is 12.5. The van der Waals surface area contributed by atoms with E-state index in [9.17, 15) is 4.79 Å². The number of aliphatic imine (C=N–C) groups is 1. The molecule has 1 saturated heterocycles. The number of esters is 1. The van der Waals surface area contributed by atoms with E-state index < -0.39 is 0 Å². The molecule has 1 fully saturated rings. The van der Waals surface area contributed by atoms with Gasteiger partial charge < -0.3 is 9.64 Å². The predicted molar refractivity (Wildman–Crippen MR) is 106 cm³/mol. The summed E-state index contributed by atoms with van der Waals surface area (Å²) in [5.41, 5.74) is 4.25. The van der Waals surface area contributed by atoms with E-state index in [-0.39, 0.29) is 12.0 Å². The largest absolute Gasteiger partial charge is 0.464 e. The standard InChI is InChI=1S/C21H19BrN2O2/c1-2-26-21(25)19-12-15(10-14-6-4-3-5-7-14)20-23-18-9-8-17(22)11-16(18)13-24(19)20/h3-11,19H,2,12-13H2,1H3/b15-10-/t19-/m0/s1. The van der Waals surface area contributed by atoms with E-state index in [0.717, 1.165) is 32.7 Å². The highest BCUT2D eigenvalue weighted by Gasteiger charge is 2.40. The van der Waals surface area contributed by atoms with E-state index >= 15 is 0 Å². The van der Waals surface area contributed by atoms with Crippen molar-refractivity contribution in [3.05, 3.63) is 69.7 Å². The van der Waals surface area contributed by atoms with Crippen molar-refractivity contribution in [1.29, 1.82) is 0 Å². The van der Waals surface area contributed by atoms with Gasteiger partial charge in [0.05, 0.1) is 12.3 Å². The molecular formula is C21H19BrN2O2. The maximum Gasteiger partial charge on any atom is 0.329 e. The van der Waals surface area contributed by atoms with Gasteiger partial charge >= 0.3 is 5.97 Å². The third-order valence-corrected chi connectivity index (χ3v) is 5.15. The molecule has 4 rings (SSSR count). The number of hydrogen-bond donors (Lipinski definition) is 0. The minimum Gasteiger partial charge on any atom is -0.464 e. The molecule has 0 radical (unpaired) electrons. The lowest BCUT2D eigenvalue weighted by molar-refractivity contribution is -0.147. The number of amidine groups is 1. The summed E-state index contributed by atoms with van der Waals surface area (Å²) in [7, 11) is 0. The van der Waals surface area contributed by atoms with Crippen molar-refractivity contribution < 1.29 is 9.53 Å². The van der Waals surface area contributed by atoms with Crippen molar-refractivity contribution in [2.45, 2.75) is 25.9 Å². The lowest BCUT2D eigenvalue weighted by Crippen LogP contribution is -2.40. The molecule has 0 aliphatic carbocycles. The van der Waals surface area contributed by atoms with Crippen LogP contribution in [0.3, 0.4) is 0 Å². The zero-order valence-electron chi connectivity index (χ0n) is 14.5. The number of carbonyl (C=O) groups excluding carboxylic acids is 1. The second-order valence-corrected chi connectivity index (χ2v) is 7.30. The Morgan fingerprint density at radius 2 is 2.12 bits per heavy atom. The Hall–Kier alpha value is -2.40. The van der Waals surface area contributed by atoms with Crippen molar-refractivity contribution in [2.75, 3.05) is 6.61 Å². The number of ether oxygens (including phenoxy) is 1. The van der Waals surface area contributed by atoms with Crippen LogP contribution in [0, 0.1) is 0 Å². The number of hydrogen-bond acceptors (Lipinski definition) is 4. The molecule has 5 heteroatoms. The molecule has 26 heavy (non-hydrogen) atoms. The van der Waals surface area contributed by atoms with Gasteiger partial charge in [0.15, 0.2) is 0 Å².